The lowest BCUT2D eigenvalue weighted by atomic mass is 10.2. The molecular formula is C9H11BrFN. The molecule has 12 heavy (non-hydrogen) atoms. The first-order valence-electron chi connectivity index (χ1n) is 3.84. The Kier molecular flexibility index (Phi) is 3.09. The highest BCUT2D eigenvalue weighted by molar-refractivity contribution is 9.10. The van der Waals surface area contributed by atoms with Gasteiger partial charge in [-0.2, -0.15) is 0 Å². The van der Waals surface area contributed by atoms with Crippen LogP contribution in [0.1, 0.15) is 12.5 Å². The van der Waals surface area contributed by atoms with Crippen molar-refractivity contribution in [1.29, 1.82) is 0 Å². The number of benzene rings is 1. The summed E-state index contributed by atoms with van der Waals surface area (Å²) in [5.41, 5.74) is 1.91. The van der Waals surface area contributed by atoms with E-state index in [0.717, 1.165) is 17.8 Å². The molecule has 0 aliphatic carbocycles. The van der Waals surface area contributed by atoms with Crippen LogP contribution in [0.5, 0.6) is 0 Å². The van der Waals surface area contributed by atoms with Gasteiger partial charge in [0.1, 0.15) is 5.82 Å². The van der Waals surface area contributed by atoms with E-state index in [1.54, 1.807) is 6.07 Å². The van der Waals surface area contributed by atoms with Gasteiger partial charge in [-0.05, 0) is 47.5 Å². The number of hydrogen-bond donors (Lipinski definition) is 1. The Bertz CT molecular complexity index is 286. The highest BCUT2D eigenvalue weighted by atomic mass is 79.9. The van der Waals surface area contributed by atoms with Gasteiger partial charge in [-0.15, -0.1) is 0 Å². The standard InChI is InChI=1S/C9H11BrFN/c1-3-12-9-5-7(10)8(11)4-6(9)2/h4-5,12H,3H2,1-2H3. The molecule has 0 heterocycles. The summed E-state index contributed by atoms with van der Waals surface area (Å²) in [5.74, 6) is -0.214. The van der Waals surface area contributed by atoms with E-state index in [-0.39, 0.29) is 5.82 Å². The zero-order valence-electron chi connectivity index (χ0n) is 7.12. The molecule has 0 bridgehead atoms. The summed E-state index contributed by atoms with van der Waals surface area (Å²) >= 11 is 3.14. The molecule has 3 heteroatoms. The number of hydrogen-bond acceptors (Lipinski definition) is 1. The number of aryl methyl sites for hydroxylation is 1. The van der Waals surface area contributed by atoms with E-state index in [9.17, 15) is 4.39 Å². The maximum Gasteiger partial charge on any atom is 0.137 e. The number of anilines is 1. The van der Waals surface area contributed by atoms with E-state index in [1.807, 2.05) is 13.8 Å². The molecule has 0 unspecified atom stereocenters. The Balaban J connectivity index is 3.05. The monoisotopic (exact) mass is 231 g/mol. The molecule has 0 saturated heterocycles. The summed E-state index contributed by atoms with van der Waals surface area (Å²) < 4.78 is 13.4. The minimum Gasteiger partial charge on any atom is -0.385 e. The van der Waals surface area contributed by atoms with Crippen LogP contribution in [0, 0.1) is 12.7 Å². The van der Waals surface area contributed by atoms with Gasteiger partial charge in [0, 0.05) is 12.2 Å². The first-order valence-corrected chi connectivity index (χ1v) is 4.64. The molecule has 0 aromatic heterocycles. The maximum atomic E-state index is 12.9. The van der Waals surface area contributed by atoms with Crippen LogP contribution >= 0.6 is 15.9 Å². The topological polar surface area (TPSA) is 12.0 Å². The van der Waals surface area contributed by atoms with Crippen LogP contribution in [0.2, 0.25) is 0 Å². The van der Waals surface area contributed by atoms with Gasteiger partial charge in [0.25, 0.3) is 0 Å². The Morgan fingerprint density at radius 3 is 2.75 bits per heavy atom. The van der Waals surface area contributed by atoms with Crippen molar-refractivity contribution < 1.29 is 4.39 Å². The summed E-state index contributed by atoms with van der Waals surface area (Å²) in [4.78, 5) is 0. The number of rotatable bonds is 2. The van der Waals surface area contributed by atoms with E-state index in [0.29, 0.717) is 4.47 Å². The van der Waals surface area contributed by atoms with Crippen molar-refractivity contribution in [3.8, 4) is 0 Å². The van der Waals surface area contributed by atoms with E-state index in [1.165, 1.54) is 6.07 Å². The molecule has 0 aliphatic heterocycles. The molecule has 0 aliphatic rings. The van der Waals surface area contributed by atoms with Crippen molar-refractivity contribution in [3.63, 3.8) is 0 Å². The van der Waals surface area contributed by atoms with Crippen molar-refractivity contribution in [2.75, 3.05) is 11.9 Å². The fourth-order valence-electron chi connectivity index (χ4n) is 1.03. The van der Waals surface area contributed by atoms with E-state index in [2.05, 4.69) is 21.2 Å². The summed E-state index contributed by atoms with van der Waals surface area (Å²) in [6, 6.07) is 3.27. The van der Waals surface area contributed by atoms with Gasteiger partial charge in [0.05, 0.1) is 4.47 Å². The number of halogens is 2. The first-order chi connectivity index (χ1) is 5.65. The second-order valence-electron chi connectivity index (χ2n) is 2.61. The van der Waals surface area contributed by atoms with Crippen LogP contribution in [0.3, 0.4) is 0 Å². The van der Waals surface area contributed by atoms with Crippen molar-refractivity contribution in [3.05, 3.63) is 28.0 Å². The minimum absolute atomic E-state index is 0.214. The summed E-state index contributed by atoms with van der Waals surface area (Å²) in [6.07, 6.45) is 0. The molecule has 0 saturated carbocycles. The molecule has 0 spiro atoms. The van der Waals surface area contributed by atoms with Gasteiger partial charge in [-0.1, -0.05) is 0 Å². The van der Waals surface area contributed by atoms with Crippen LogP contribution in [-0.4, -0.2) is 6.54 Å². The molecule has 0 atom stereocenters. The first kappa shape index (κ1) is 9.52. The molecule has 1 nitrogen and oxygen atoms in total. The van der Waals surface area contributed by atoms with Gasteiger partial charge in [-0.25, -0.2) is 4.39 Å². The van der Waals surface area contributed by atoms with E-state index >= 15 is 0 Å². The number of nitrogens with one attached hydrogen (secondary N) is 1. The van der Waals surface area contributed by atoms with Gasteiger partial charge < -0.3 is 5.32 Å². The molecule has 66 valence electrons. The quantitative estimate of drug-likeness (QED) is 0.824. The lowest BCUT2D eigenvalue weighted by molar-refractivity contribution is 0.620. The highest BCUT2D eigenvalue weighted by Gasteiger charge is 2.03. The predicted molar refractivity (Wildman–Crippen MR) is 53.0 cm³/mol. The Labute approximate surface area is 80.1 Å². The summed E-state index contributed by atoms with van der Waals surface area (Å²) in [5, 5.41) is 3.15. The second kappa shape index (κ2) is 3.90. The third-order valence-corrected chi connectivity index (χ3v) is 2.24. The van der Waals surface area contributed by atoms with Gasteiger partial charge in [0.15, 0.2) is 0 Å². The molecule has 1 aromatic rings. The summed E-state index contributed by atoms with van der Waals surface area (Å²) in [7, 11) is 0. The maximum absolute atomic E-state index is 12.9. The third kappa shape index (κ3) is 1.97. The average Bonchev–Trinajstić information content (AvgIpc) is 2.01. The van der Waals surface area contributed by atoms with Crippen LogP contribution in [0.25, 0.3) is 0 Å². The van der Waals surface area contributed by atoms with E-state index in [4.69, 9.17) is 0 Å². The van der Waals surface area contributed by atoms with Crippen molar-refractivity contribution in [2.24, 2.45) is 0 Å². The fourth-order valence-corrected chi connectivity index (χ4v) is 1.37. The molecule has 0 fully saturated rings. The fraction of sp³-hybridized carbons (Fsp3) is 0.333. The van der Waals surface area contributed by atoms with Crippen molar-refractivity contribution in [2.45, 2.75) is 13.8 Å². The Morgan fingerprint density at radius 1 is 1.50 bits per heavy atom. The molecule has 0 amide bonds. The van der Waals surface area contributed by atoms with Crippen LogP contribution < -0.4 is 5.32 Å². The van der Waals surface area contributed by atoms with Crippen LogP contribution in [0.4, 0.5) is 10.1 Å². The predicted octanol–water partition coefficient (Wildman–Crippen LogP) is 3.33. The largest absolute Gasteiger partial charge is 0.385 e. The van der Waals surface area contributed by atoms with Crippen LogP contribution in [0.15, 0.2) is 16.6 Å². The lowest BCUT2D eigenvalue weighted by Gasteiger charge is -2.07. The SMILES string of the molecule is CCNc1cc(Br)c(F)cc1C. The summed E-state index contributed by atoms with van der Waals surface area (Å²) in [6.45, 7) is 4.74. The smallest absolute Gasteiger partial charge is 0.137 e. The van der Waals surface area contributed by atoms with Gasteiger partial charge in [0.2, 0.25) is 0 Å². The third-order valence-electron chi connectivity index (χ3n) is 1.63. The molecule has 1 N–H and O–H groups in total. The Hall–Kier alpha value is -0.570. The van der Waals surface area contributed by atoms with Crippen molar-refractivity contribution >= 4 is 21.6 Å². The molecular weight excluding hydrogens is 221 g/mol. The molecule has 1 rings (SSSR count). The van der Waals surface area contributed by atoms with Gasteiger partial charge in [-0.3, -0.25) is 0 Å². The van der Waals surface area contributed by atoms with Crippen LogP contribution in [-0.2, 0) is 0 Å². The van der Waals surface area contributed by atoms with Gasteiger partial charge >= 0.3 is 0 Å². The van der Waals surface area contributed by atoms with Crippen molar-refractivity contribution in [1.82, 2.24) is 0 Å². The molecule has 1 aromatic carbocycles. The average molecular weight is 232 g/mol. The molecule has 0 radical (unpaired) electrons. The lowest BCUT2D eigenvalue weighted by Crippen LogP contribution is -1.99. The van der Waals surface area contributed by atoms with E-state index < -0.39 is 0 Å². The highest BCUT2D eigenvalue weighted by Crippen LogP contribution is 2.23. The zero-order chi connectivity index (χ0) is 9.14. The zero-order valence-corrected chi connectivity index (χ0v) is 8.70. The normalized spacial score (nSPS) is 10.0. The second-order valence-corrected chi connectivity index (χ2v) is 3.47. The minimum atomic E-state index is -0.214. The Morgan fingerprint density at radius 2 is 2.17 bits per heavy atom.